The monoisotopic (exact) mass is 386 g/mol. The standard InChI is InChI=1S/C23H22N4O2/c1-14-20(17-8-10-19(29-4)11-9-17)6-5-7-21(14)22(28)26-18-12-24-23-25-15(2)16(3)27(23)13-18/h5-13H,1-4H3,(H,26,28). The van der Waals surface area contributed by atoms with Gasteiger partial charge >= 0.3 is 0 Å². The summed E-state index contributed by atoms with van der Waals surface area (Å²) in [5, 5.41) is 2.95. The average Bonchev–Trinajstić information content (AvgIpc) is 3.02. The lowest BCUT2D eigenvalue weighted by Gasteiger charge is -2.12. The van der Waals surface area contributed by atoms with Crippen LogP contribution in [0.2, 0.25) is 0 Å². The maximum Gasteiger partial charge on any atom is 0.256 e. The van der Waals surface area contributed by atoms with E-state index in [0.717, 1.165) is 33.8 Å². The number of carbonyl (C=O) groups is 1. The smallest absolute Gasteiger partial charge is 0.256 e. The summed E-state index contributed by atoms with van der Waals surface area (Å²) in [7, 11) is 1.64. The van der Waals surface area contributed by atoms with Crippen molar-refractivity contribution in [1.29, 1.82) is 0 Å². The van der Waals surface area contributed by atoms with Gasteiger partial charge in [0.1, 0.15) is 5.75 Å². The van der Waals surface area contributed by atoms with E-state index in [4.69, 9.17) is 4.74 Å². The molecule has 4 rings (SSSR count). The van der Waals surface area contributed by atoms with Gasteiger partial charge in [0.2, 0.25) is 5.78 Å². The van der Waals surface area contributed by atoms with Crippen LogP contribution in [0.5, 0.6) is 5.75 Å². The van der Waals surface area contributed by atoms with Crippen molar-refractivity contribution >= 4 is 17.4 Å². The van der Waals surface area contributed by atoms with Crippen LogP contribution in [-0.2, 0) is 0 Å². The topological polar surface area (TPSA) is 68.5 Å². The fraction of sp³-hybridized carbons (Fsp3) is 0.174. The molecule has 2 heterocycles. The number of fused-ring (bicyclic) bond motifs is 1. The van der Waals surface area contributed by atoms with Crippen molar-refractivity contribution in [2.75, 3.05) is 12.4 Å². The van der Waals surface area contributed by atoms with Crippen LogP contribution in [0.25, 0.3) is 16.9 Å². The van der Waals surface area contributed by atoms with E-state index >= 15 is 0 Å². The molecule has 6 nitrogen and oxygen atoms in total. The van der Waals surface area contributed by atoms with E-state index in [0.29, 0.717) is 17.0 Å². The molecule has 0 fully saturated rings. The predicted molar refractivity (Wildman–Crippen MR) is 114 cm³/mol. The molecule has 0 radical (unpaired) electrons. The Hall–Kier alpha value is -3.67. The number of amides is 1. The molecule has 0 spiro atoms. The summed E-state index contributed by atoms with van der Waals surface area (Å²) < 4.78 is 7.11. The number of methoxy groups -OCH3 is 1. The highest BCUT2D eigenvalue weighted by atomic mass is 16.5. The van der Waals surface area contributed by atoms with Gasteiger partial charge in [0.15, 0.2) is 0 Å². The molecule has 0 unspecified atom stereocenters. The van der Waals surface area contributed by atoms with Gasteiger partial charge in [-0.05, 0) is 55.7 Å². The van der Waals surface area contributed by atoms with Crippen LogP contribution < -0.4 is 10.1 Å². The number of aryl methyl sites for hydroxylation is 2. The Morgan fingerprint density at radius 3 is 2.55 bits per heavy atom. The third-order valence-electron chi connectivity index (χ3n) is 5.19. The second-order valence-corrected chi connectivity index (χ2v) is 6.96. The van der Waals surface area contributed by atoms with Gasteiger partial charge in [-0.2, -0.15) is 0 Å². The lowest BCUT2D eigenvalue weighted by atomic mass is 9.96. The minimum atomic E-state index is -0.173. The maximum atomic E-state index is 13.0. The second kappa shape index (κ2) is 7.39. The summed E-state index contributed by atoms with van der Waals surface area (Å²) in [6.07, 6.45) is 3.47. The molecule has 2 aromatic heterocycles. The van der Waals surface area contributed by atoms with Crippen molar-refractivity contribution in [3.05, 3.63) is 77.4 Å². The van der Waals surface area contributed by atoms with Gasteiger partial charge in [-0.1, -0.05) is 24.3 Å². The number of aromatic nitrogens is 3. The number of benzene rings is 2. The van der Waals surface area contributed by atoms with Crippen LogP contribution in [-0.4, -0.2) is 27.4 Å². The lowest BCUT2D eigenvalue weighted by molar-refractivity contribution is 0.102. The molecule has 0 aliphatic carbocycles. The molecule has 1 N–H and O–H groups in total. The van der Waals surface area contributed by atoms with Gasteiger partial charge in [0, 0.05) is 17.5 Å². The third-order valence-corrected chi connectivity index (χ3v) is 5.19. The van der Waals surface area contributed by atoms with Crippen molar-refractivity contribution < 1.29 is 9.53 Å². The van der Waals surface area contributed by atoms with E-state index in [9.17, 15) is 4.79 Å². The summed E-state index contributed by atoms with van der Waals surface area (Å²) in [5.41, 5.74) is 6.12. The number of hydrogen-bond acceptors (Lipinski definition) is 4. The highest BCUT2D eigenvalue weighted by Crippen LogP contribution is 2.28. The first-order valence-corrected chi connectivity index (χ1v) is 9.34. The summed E-state index contributed by atoms with van der Waals surface area (Å²) in [6.45, 7) is 5.88. The van der Waals surface area contributed by atoms with E-state index in [1.54, 1.807) is 13.3 Å². The van der Waals surface area contributed by atoms with Gasteiger partial charge in [-0.25, -0.2) is 9.97 Å². The Bertz CT molecular complexity index is 1210. The minimum Gasteiger partial charge on any atom is -0.497 e. The molecule has 0 saturated carbocycles. The number of ether oxygens (including phenoxy) is 1. The first-order valence-electron chi connectivity index (χ1n) is 9.34. The van der Waals surface area contributed by atoms with Gasteiger partial charge in [0.05, 0.1) is 24.7 Å². The Labute approximate surface area is 169 Å². The molecule has 29 heavy (non-hydrogen) atoms. The van der Waals surface area contributed by atoms with Crippen LogP contribution in [0, 0.1) is 20.8 Å². The number of nitrogens with one attached hydrogen (secondary N) is 1. The van der Waals surface area contributed by atoms with Gasteiger partial charge < -0.3 is 10.1 Å². The zero-order valence-corrected chi connectivity index (χ0v) is 16.9. The van der Waals surface area contributed by atoms with E-state index in [1.807, 2.05) is 73.8 Å². The highest BCUT2D eigenvalue weighted by Gasteiger charge is 2.14. The molecule has 0 bridgehead atoms. The Kier molecular flexibility index (Phi) is 4.76. The fourth-order valence-electron chi connectivity index (χ4n) is 3.38. The summed E-state index contributed by atoms with van der Waals surface area (Å²) in [6, 6.07) is 13.5. The molecule has 0 atom stereocenters. The number of anilines is 1. The maximum absolute atomic E-state index is 13.0. The van der Waals surface area contributed by atoms with E-state index in [1.165, 1.54) is 0 Å². The molecule has 6 heteroatoms. The highest BCUT2D eigenvalue weighted by molar-refractivity contribution is 6.06. The largest absolute Gasteiger partial charge is 0.497 e. The summed E-state index contributed by atoms with van der Waals surface area (Å²) in [5.74, 6) is 1.25. The first kappa shape index (κ1) is 18.7. The Balaban J connectivity index is 1.64. The quantitative estimate of drug-likeness (QED) is 0.557. The Morgan fingerprint density at radius 2 is 1.83 bits per heavy atom. The zero-order chi connectivity index (χ0) is 20.5. The summed E-state index contributed by atoms with van der Waals surface area (Å²) >= 11 is 0. The van der Waals surface area contributed by atoms with Crippen LogP contribution in [0.15, 0.2) is 54.9 Å². The summed E-state index contributed by atoms with van der Waals surface area (Å²) in [4.78, 5) is 21.7. The van der Waals surface area contributed by atoms with Gasteiger partial charge in [-0.3, -0.25) is 9.20 Å². The fourth-order valence-corrected chi connectivity index (χ4v) is 3.38. The molecule has 2 aromatic carbocycles. The van der Waals surface area contributed by atoms with Gasteiger partial charge in [-0.15, -0.1) is 0 Å². The second-order valence-electron chi connectivity index (χ2n) is 6.96. The number of hydrogen-bond donors (Lipinski definition) is 1. The Morgan fingerprint density at radius 1 is 1.07 bits per heavy atom. The molecular formula is C23H22N4O2. The molecule has 0 saturated heterocycles. The van der Waals surface area contributed by atoms with E-state index in [2.05, 4.69) is 15.3 Å². The zero-order valence-electron chi connectivity index (χ0n) is 16.9. The van der Waals surface area contributed by atoms with Crippen LogP contribution in [0.4, 0.5) is 5.69 Å². The third kappa shape index (κ3) is 3.45. The van der Waals surface area contributed by atoms with Crippen molar-refractivity contribution in [1.82, 2.24) is 14.4 Å². The van der Waals surface area contributed by atoms with Gasteiger partial charge in [0.25, 0.3) is 5.91 Å². The molecule has 0 aliphatic rings. The molecule has 4 aromatic rings. The lowest BCUT2D eigenvalue weighted by Crippen LogP contribution is -2.14. The van der Waals surface area contributed by atoms with E-state index < -0.39 is 0 Å². The SMILES string of the molecule is COc1ccc(-c2cccc(C(=O)Nc3cnc4nc(C)c(C)n4c3)c2C)cc1. The normalized spacial score (nSPS) is 10.9. The minimum absolute atomic E-state index is 0.173. The van der Waals surface area contributed by atoms with Crippen LogP contribution in [0.3, 0.4) is 0 Å². The molecule has 1 amide bonds. The molecule has 0 aliphatic heterocycles. The van der Waals surface area contributed by atoms with Crippen LogP contribution in [0.1, 0.15) is 27.3 Å². The number of imidazole rings is 1. The average molecular weight is 386 g/mol. The molecule has 146 valence electrons. The van der Waals surface area contributed by atoms with E-state index in [-0.39, 0.29) is 5.91 Å². The van der Waals surface area contributed by atoms with Crippen LogP contribution >= 0.6 is 0 Å². The number of rotatable bonds is 4. The number of carbonyl (C=O) groups excluding carboxylic acids is 1. The number of nitrogens with zero attached hydrogens (tertiary/aromatic N) is 3. The predicted octanol–water partition coefficient (Wildman–Crippen LogP) is 4.58. The van der Waals surface area contributed by atoms with Crippen molar-refractivity contribution in [3.63, 3.8) is 0 Å². The van der Waals surface area contributed by atoms with Crippen molar-refractivity contribution in [2.24, 2.45) is 0 Å². The van der Waals surface area contributed by atoms with Crippen molar-refractivity contribution in [3.8, 4) is 16.9 Å². The first-order chi connectivity index (χ1) is 14.0. The molecular weight excluding hydrogens is 364 g/mol. The van der Waals surface area contributed by atoms with Crippen molar-refractivity contribution in [2.45, 2.75) is 20.8 Å².